The predicted molar refractivity (Wildman–Crippen MR) is 81.6 cm³/mol. The minimum Gasteiger partial charge on any atom is -0.320 e. The summed E-state index contributed by atoms with van der Waals surface area (Å²) in [5, 5.41) is 1.03. The molecule has 4 heteroatoms. The van der Waals surface area contributed by atoms with Gasteiger partial charge in [-0.05, 0) is 17.7 Å². The Morgan fingerprint density at radius 1 is 0.900 bits per heavy atom. The molecule has 0 fully saturated rings. The van der Waals surface area contributed by atoms with Crippen molar-refractivity contribution in [2.75, 3.05) is 0 Å². The number of hydrogen-bond acceptors (Lipinski definition) is 3. The van der Waals surface area contributed by atoms with Gasteiger partial charge in [0.15, 0.2) is 5.16 Å². The Morgan fingerprint density at radius 3 is 2.55 bits per heavy atom. The molecule has 0 N–H and O–H groups in total. The molecule has 0 aliphatic rings. The predicted octanol–water partition coefficient (Wildman–Crippen LogP) is 3.62. The summed E-state index contributed by atoms with van der Waals surface area (Å²) in [5.74, 6) is 0.931. The van der Waals surface area contributed by atoms with Gasteiger partial charge < -0.3 is 4.57 Å². The Hall–Kier alpha value is -2.07. The van der Waals surface area contributed by atoms with Crippen molar-refractivity contribution >= 4 is 11.8 Å². The second-order valence-electron chi connectivity index (χ2n) is 4.43. The molecule has 2 aromatic heterocycles. The third-order valence-electron chi connectivity index (χ3n) is 2.95. The highest BCUT2D eigenvalue weighted by molar-refractivity contribution is 7.98. The van der Waals surface area contributed by atoms with Gasteiger partial charge in [-0.2, -0.15) is 0 Å². The number of rotatable bonds is 5. The van der Waals surface area contributed by atoms with Crippen LogP contribution in [0.3, 0.4) is 0 Å². The van der Waals surface area contributed by atoms with Gasteiger partial charge in [0.1, 0.15) is 0 Å². The first-order valence-corrected chi connectivity index (χ1v) is 7.48. The number of nitrogens with zero attached hydrogens (tertiary/aromatic N) is 3. The summed E-state index contributed by atoms with van der Waals surface area (Å²) in [7, 11) is 0. The first-order valence-electron chi connectivity index (χ1n) is 6.49. The van der Waals surface area contributed by atoms with Gasteiger partial charge >= 0.3 is 0 Å². The normalized spacial score (nSPS) is 10.6. The van der Waals surface area contributed by atoms with E-state index in [0.717, 1.165) is 23.1 Å². The summed E-state index contributed by atoms with van der Waals surface area (Å²) in [6.07, 6.45) is 5.67. The van der Waals surface area contributed by atoms with Gasteiger partial charge in [-0.1, -0.05) is 48.2 Å². The molecule has 0 unspecified atom stereocenters. The van der Waals surface area contributed by atoms with Crippen molar-refractivity contribution < 1.29 is 0 Å². The van der Waals surface area contributed by atoms with Gasteiger partial charge in [0, 0.05) is 24.3 Å². The average molecular weight is 281 g/mol. The number of hydrogen-bond donors (Lipinski definition) is 0. The largest absolute Gasteiger partial charge is 0.320 e. The molecule has 0 saturated carbocycles. The maximum atomic E-state index is 4.43. The van der Waals surface area contributed by atoms with E-state index in [4.69, 9.17) is 0 Å². The molecule has 0 amide bonds. The lowest BCUT2D eigenvalue weighted by Crippen LogP contribution is -2.02. The molecule has 0 aliphatic heterocycles. The Kier molecular flexibility index (Phi) is 4.13. The minimum absolute atomic E-state index is 0.762. The van der Waals surface area contributed by atoms with E-state index in [1.54, 1.807) is 11.8 Å². The smallest absolute Gasteiger partial charge is 0.168 e. The average Bonchev–Trinajstić information content (AvgIpc) is 2.94. The molecule has 0 bridgehead atoms. The number of benzene rings is 1. The SMILES string of the molecule is c1ccc(CSc2nccn2Cc2ccccn2)cc1. The summed E-state index contributed by atoms with van der Waals surface area (Å²) < 4.78 is 2.13. The Morgan fingerprint density at radius 2 is 1.75 bits per heavy atom. The van der Waals surface area contributed by atoms with E-state index in [2.05, 4.69) is 38.8 Å². The zero-order valence-corrected chi connectivity index (χ0v) is 11.8. The van der Waals surface area contributed by atoms with Crippen LogP contribution in [-0.2, 0) is 12.3 Å². The molecule has 3 nitrogen and oxygen atoms in total. The second kappa shape index (κ2) is 6.39. The molecule has 20 heavy (non-hydrogen) atoms. The van der Waals surface area contributed by atoms with Crippen molar-refractivity contribution in [1.29, 1.82) is 0 Å². The fourth-order valence-electron chi connectivity index (χ4n) is 1.94. The highest BCUT2D eigenvalue weighted by Crippen LogP contribution is 2.21. The fraction of sp³-hybridized carbons (Fsp3) is 0.125. The summed E-state index contributed by atoms with van der Waals surface area (Å²) in [5.41, 5.74) is 2.36. The van der Waals surface area contributed by atoms with Gasteiger partial charge in [-0.15, -0.1) is 0 Å². The number of aromatic nitrogens is 3. The lowest BCUT2D eigenvalue weighted by molar-refractivity contribution is 0.693. The molecular formula is C16H15N3S. The molecule has 0 saturated heterocycles. The molecule has 0 radical (unpaired) electrons. The van der Waals surface area contributed by atoms with Crippen LogP contribution in [0.4, 0.5) is 0 Å². The highest BCUT2D eigenvalue weighted by Gasteiger charge is 2.05. The van der Waals surface area contributed by atoms with E-state index >= 15 is 0 Å². The topological polar surface area (TPSA) is 30.7 Å². The van der Waals surface area contributed by atoms with E-state index in [-0.39, 0.29) is 0 Å². The Balaban J connectivity index is 1.68. The zero-order valence-electron chi connectivity index (χ0n) is 11.0. The van der Waals surface area contributed by atoms with Crippen molar-refractivity contribution in [1.82, 2.24) is 14.5 Å². The summed E-state index contributed by atoms with van der Waals surface area (Å²) in [6, 6.07) is 16.4. The van der Waals surface area contributed by atoms with Crippen LogP contribution in [0.2, 0.25) is 0 Å². The summed E-state index contributed by atoms with van der Waals surface area (Å²) >= 11 is 1.75. The van der Waals surface area contributed by atoms with Gasteiger partial charge in [0.05, 0.1) is 12.2 Å². The third-order valence-corrected chi connectivity index (χ3v) is 4.02. The van der Waals surface area contributed by atoms with Crippen molar-refractivity contribution in [3.05, 3.63) is 78.4 Å². The molecule has 3 rings (SSSR count). The molecule has 2 heterocycles. The maximum Gasteiger partial charge on any atom is 0.168 e. The monoisotopic (exact) mass is 281 g/mol. The van der Waals surface area contributed by atoms with E-state index in [1.165, 1.54) is 5.56 Å². The second-order valence-corrected chi connectivity index (χ2v) is 5.38. The van der Waals surface area contributed by atoms with E-state index in [0.29, 0.717) is 0 Å². The molecular weight excluding hydrogens is 266 g/mol. The summed E-state index contributed by atoms with van der Waals surface area (Å²) in [4.78, 5) is 8.78. The number of pyridine rings is 1. The third kappa shape index (κ3) is 3.27. The van der Waals surface area contributed by atoms with Crippen LogP contribution >= 0.6 is 11.8 Å². The zero-order chi connectivity index (χ0) is 13.6. The van der Waals surface area contributed by atoms with Crippen molar-refractivity contribution in [2.24, 2.45) is 0 Å². The lowest BCUT2D eigenvalue weighted by Gasteiger charge is -2.07. The quantitative estimate of drug-likeness (QED) is 0.669. The first kappa shape index (κ1) is 12.9. The Labute approximate surface area is 122 Å². The van der Waals surface area contributed by atoms with Gasteiger partial charge in [-0.25, -0.2) is 4.98 Å². The Bertz CT molecular complexity index is 650. The number of thioether (sulfide) groups is 1. The van der Waals surface area contributed by atoms with Crippen LogP contribution < -0.4 is 0 Å². The van der Waals surface area contributed by atoms with Crippen molar-refractivity contribution in [2.45, 2.75) is 17.5 Å². The fourth-order valence-corrected chi connectivity index (χ4v) is 2.86. The summed E-state index contributed by atoms with van der Waals surface area (Å²) in [6.45, 7) is 0.762. The molecule has 100 valence electrons. The molecule has 3 aromatic rings. The molecule has 0 aliphatic carbocycles. The minimum atomic E-state index is 0.762. The van der Waals surface area contributed by atoms with Crippen LogP contribution in [0, 0.1) is 0 Å². The maximum absolute atomic E-state index is 4.43. The molecule has 1 aromatic carbocycles. The van der Waals surface area contributed by atoms with Crippen LogP contribution in [0.5, 0.6) is 0 Å². The van der Waals surface area contributed by atoms with Crippen LogP contribution in [-0.4, -0.2) is 14.5 Å². The first-order chi connectivity index (χ1) is 9.92. The standard InChI is InChI=1S/C16H15N3S/c1-2-6-14(7-3-1)13-20-16-18-10-11-19(16)12-15-8-4-5-9-17-15/h1-11H,12-13H2. The van der Waals surface area contributed by atoms with Crippen LogP contribution in [0.15, 0.2) is 72.3 Å². The van der Waals surface area contributed by atoms with Crippen molar-refractivity contribution in [3.8, 4) is 0 Å². The van der Waals surface area contributed by atoms with Gasteiger partial charge in [0.25, 0.3) is 0 Å². The van der Waals surface area contributed by atoms with E-state index in [1.807, 2.05) is 42.9 Å². The lowest BCUT2D eigenvalue weighted by atomic mass is 10.2. The van der Waals surface area contributed by atoms with Crippen molar-refractivity contribution in [3.63, 3.8) is 0 Å². The number of imidazole rings is 1. The highest BCUT2D eigenvalue weighted by atomic mass is 32.2. The van der Waals surface area contributed by atoms with Gasteiger partial charge in [-0.3, -0.25) is 4.98 Å². The molecule has 0 spiro atoms. The van der Waals surface area contributed by atoms with Gasteiger partial charge in [0.2, 0.25) is 0 Å². The van der Waals surface area contributed by atoms with Crippen LogP contribution in [0.25, 0.3) is 0 Å². The van der Waals surface area contributed by atoms with E-state index < -0.39 is 0 Å². The van der Waals surface area contributed by atoms with E-state index in [9.17, 15) is 0 Å². The van der Waals surface area contributed by atoms with Crippen LogP contribution in [0.1, 0.15) is 11.3 Å². The molecule has 0 atom stereocenters.